The van der Waals surface area contributed by atoms with E-state index in [4.69, 9.17) is 16.3 Å². The first-order valence-corrected chi connectivity index (χ1v) is 7.10. The Balaban J connectivity index is 2.16. The quantitative estimate of drug-likeness (QED) is 0.631. The van der Waals surface area contributed by atoms with Gasteiger partial charge in [-0.1, -0.05) is 11.6 Å². The van der Waals surface area contributed by atoms with Crippen molar-refractivity contribution in [1.82, 2.24) is 0 Å². The molecule has 1 heterocycles. The van der Waals surface area contributed by atoms with Crippen LogP contribution in [0.15, 0.2) is 12.1 Å². The van der Waals surface area contributed by atoms with Crippen molar-refractivity contribution in [2.45, 2.75) is 19.8 Å². The third-order valence-corrected chi connectivity index (χ3v) is 3.99. The van der Waals surface area contributed by atoms with Gasteiger partial charge in [0, 0.05) is 38.9 Å². The molecule has 0 saturated carbocycles. The van der Waals surface area contributed by atoms with Crippen molar-refractivity contribution in [3.05, 3.63) is 32.8 Å². The Morgan fingerprint density at radius 2 is 2.10 bits per heavy atom. The molecule has 5 nitrogen and oxygen atoms in total. The van der Waals surface area contributed by atoms with Crippen LogP contribution < -0.4 is 4.90 Å². The third kappa shape index (κ3) is 3.41. The number of aryl methyl sites for hydroxylation is 1. The SMILES string of the molecule is Cc1cc([N+](=O)[O-])cc(Cl)c1N(C)CC1CCOCC1. The number of halogens is 1. The van der Waals surface area contributed by atoms with Gasteiger partial charge < -0.3 is 9.64 Å². The number of rotatable bonds is 4. The van der Waals surface area contributed by atoms with Crippen molar-refractivity contribution in [3.63, 3.8) is 0 Å². The molecule has 0 unspecified atom stereocenters. The van der Waals surface area contributed by atoms with Gasteiger partial charge in [-0.25, -0.2) is 0 Å². The Labute approximate surface area is 123 Å². The van der Waals surface area contributed by atoms with Crippen molar-refractivity contribution in [3.8, 4) is 0 Å². The summed E-state index contributed by atoms with van der Waals surface area (Å²) < 4.78 is 5.36. The van der Waals surface area contributed by atoms with Crippen LogP contribution in [0, 0.1) is 23.0 Å². The van der Waals surface area contributed by atoms with Gasteiger partial charge in [-0.3, -0.25) is 10.1 Å². The number of anilines is 1. The second-order valence-corrected chi connectivity index (χ2v) is 5.69. The van der Waals surface area contributed by atoms with E-state index >= 15 is 0 Å². The molecule has 1 aliphatic heterocycles. The smallest absolute Gasteiger partial charge is 0.271 e. The fourth-order valence-electron chi connectivity index (χ4n) is 2.71. The fourth-order valence-corrected chi connectivity index (χ4v) is 3.12. The first kappa shape index (κ1) is 15.1. The fraction of sp³-hybridized carbons (Fsp3) is 0.571. The van der Waals surface area contributed by atoms with Gasteiger partial charge in [0.25, 0.3) is 5.69 Å². The summed E-state index contributed by atoms with van der Waals surface area (Å²) in [6.07, 6.45) is 2.10. The van der Waals surface area contributed by atoms with Crippen molar-refractivity contribution in [1.29, 1.82) is 0 Å². The maximum absolute atomic E-state index is 10.8. The molecule has 0 N–H and O–H groups in total. The van der Waals surface area contributed by atoms with Crippen LogP contribution in [0.2, 0.25) is 5.02 Å². The van der Waals surface area contributed by atoms with E-state index in [9.17, 15) is 10.1 Å². The molecule has 20 heavy (non-hydrogen) atoms. The van der Waals surface area contributed by atoms with E-state index in [1.165, 1.54) is 6.07 Å². The summed E-state index contributed by atoms with van der Waals surface area (Å²) in [6, 6.07) is 2.99. The zero-order valence-electron chi connectivity index (χ0n) is 11.8. The molecule has 0 aromatic heterocycles. The van der Waals surface area contributed by atoms with Crippen LogP contribution in [-0.4, -0.2) is 31.7 Å². The molecule has 0 amide bonds. The summed E-state index contributed by atoms with van der Waals surface area (Å²) in [5.74, 6) is 0.583. The number of nitro groups is 1. The molecule has 1 saturated heterocycles. The first-order valence-electron chi connectivity index (χ1n) is 6.72. The van der Waals surface area contributed by atoms with Crippen molar-refractivity contribution in [2.24, 2.45) is 5.92 Å². The van der Waals surface area contributed by atoms with Crippen molar-refractivity contribution >= 4 is 23.0 Å². The topological polar surface area (TPSA) is 55.6 Å². The predicted molar refractivity (Wildman–Crippen MR) is 79.7 cm³/mol. The zero-order valence-corrected chi connectivity index (χ0v) is 12.5. The number of non-ortho nitro benzene ring substituents is 1. The largest absolute Gasteiger partial charge is 0.381 e. The Kier molecular flexibility index (Phi) is 4.83. The van der Waals surface area contributed by atoms with Crippen LogP contribution in [0.1, 0.15) is 18.4 Å². The predicted octanol–water partition coefficient (Wildman–Crippen LogP) is 3.42. The summed E-state index contributed by atoms with van der Waals surface area (Å²) in [5, 5.41) is 11.3. The second-order valence-electron chi connectivity index (χ2n) is 5.29. The van der Waals surface area contributed by atoms with Crippen molar-refractivity contribution in [2.75, 3.05) is 31.7 Å². The van der Waals surface area contributed by atoms with E-state index in [1.807, 2.05) is 14.0 Å². The van der Waals surface area contributed by atoms with Crippen LogP contribution in [0.25, 0.3) is 0 Å². The lowest BCUT2D eigenvalue weighted by Crippen LogP contribution is -2.30. The molecule has 6 heteroatoms. The lowest BCUT2D eigenvalue weighted by atomic mass is 9.99. The summed E-state index contributed by atoms with van der Waals surface area (Å²) in [7, 11) is 1.98. The minimum Gasteiger partial charge on any atom is -0.381 e. The van der Waals surface area contributed by atoms with Gasteiger partial charge in [-0.15, -0.1) is 0 Å². The molecule has 2 rings (SSSR count). The number of hydrogen-bond acceptors (Lipinski definition) is 4. The van der Waals surface area contributed by atoms with E-state index in [1.54, 1.807) is 6.07 Å². The van der Waals surface area contributed by atoms with Gasteiger partial charge in [0.2, 0.25) is 0 Å². The molecule has 110 valence electrons. The maximum atomic E-state index is 10.8. The third-order valence-electron chi connectivity index (χ3n) is 3.70. The number of benzene rings is 1. The highest BCUT2D eigenvalue weighted by Crippen LogP contribution is 2.34. The monoisotopic (exact) mass is 298 g/mol. The number of nitrogens with zero attached hydrogens (tertiary/aromatic N) is 2. The molecule has 0 radical (unpaired) electrons. The summed E-state index contributed by atoms with van der Waals surface area (Å²) in [4.78, 5) is 12.5. The number of ether oxygens (including phenoxy) is 1. The van der Waals surface area contributed by atoms with E-state index in [-0.39, 0.29) is 5.69 Å². The Morgan fingerprint density at radius 3 is 2.65 bits per heavy atom. The molecule has 0 aliphatic carbocycles. The van der Waals surface area contributed by atoms with E-state index in [0.29, 0.717) is 10.9 Å². The molecular weight excluding hydrogens is 280 g/mol. The average molecular weight is 299 g/mol. The van der Waals surface area contributed by atoms with Crippen molar-refractivity contribution < 1.29 is 9.66 Å². The molecule has 1 fully saturated rings. The minimum atomic E-state index is -0.416. The van der Waals surface area contributed by atoms with Crippen LogP contribution in [0.4, 0.5) is 11.4 Å². The summed E-state index contributed by atoms with van der Waals surface area (Å²) >= 11 is 6.22. The Morgan fingerprint density at radius 1 is 1.45 bits per heavy atom. The zero-order chi connectivity index (χ0) is 14.7. The highest BCUT2D eigenvalue weighted by molar-refractivity contribution is 6.33. The molecule has 1 aromatic carbocycles. The van der Waals surface area contributed by atoms with Crippen LogP contribution in [0.5, 0.6) is 0 Å². The van der Waals surface area contributed by atoms with Gasteiger partial charge in [0.15, 0.2) is 0 Å². The number of nitro benzene ring substituents is 1. The standard InChI is InChI=1S/C14H19ClN2O3/c1-10-7-12(17(18)19)8-13(15)14(10)16(2)9-11-3-5-20-6-4-11/h7-8,11H,3-6,9H2,1-2H3. The first-order chi connectivity index (χ1) is 9.49. The maximum Gasteiger partial charge on any atom is 0.271 e. The minimum absolute atomic E-state index is 0.0377. The molecular formula is C14H19ClN2O3. The van der Waals surface area contributed by atoms with Gasteiger partial charge in [0.05, 0.1) is 15.6 Å². The molecule has 1 aliphatic rings. The highest BCUT2D eigenvalue weighted by Gasteiger charge is 2.20. The van der Waals surface area contributed by atoms with Gasteiger partial charge >= 0.3 is 0 Å². The van der Waals surface area contributed by atoms with E-state index in [0.717, 1.165) is 43.9 Å². The van der Waals surface area contributed by atoms with E-state index < -0.39 is 4.92 Å². The number of hydrogen-bond donors (Lipinski definition) is 0. The van der Waals surface area contributed by atoms with Gasteiger partial charge in [0.1, 0.15) is 0 Å². The Bertz CT molecular complexity index is 478. The molecule has 0 atom stereocenters. The average Bonchev–Trinajstić information content (AvgIpc) is 2.38. The molecule has 0 spiro atoms. The lowest BCUT2D eigenvalue weighted by molar-refractivity contribution is -0.384. The highest BCUT2D eigenvalue weighted by atomic mass is 35.5. The lowest BCUT2D eigenvalue weighted by Gasteiger charge is -2.29. The Hall–Kier alpha value is -1.33. The second kappa shape index (κ2) is 6.41. The summed E-state index contributed by atoms with van der Waals surface area (Å²) in [5.41, 5.74) is 1.75. The molecule has 0 bridgehead atoms. The van der Waals surface area contributed by atoms with Crippen LogP contribution in [-0.2, 0) is 4.74 Å². The van der Waals surface area contributed by atoms with E-state index in [2.05, 4.69) is 4.90 Å². The summed E-state index contributed by atoms with van der Waals surface area (Å²) in [6.45, 7) is 4.37. The normalized spacial score (nSPS) is 16.1. The van der Waals surface area contributed by atoms with Crippen LogP contribution >= 0.6 is 11.6 Å². The molecule has 1 aromatic rings. The van der Waals surface area contributed by atoms with Gasteiger partial charge in [-0.05, 0) is 31.2 Å². The van der Waals surface area contributed by atoms with Gasteiger partial charge in [-0.2, -0.15) is 0 Å². The van der Waals surface area contributed by atoms with Crippen LogP contribution in [0.3, 0.4) is 0 Å².